The molecule has 0 saturated heterocycles. The first-order valence-corrected chi connectivity index (χ1v) is 5.73. The molecule has 3 nitrogen and oxygen atoms in total. The average molecular weight is 296 g/mol. The molecule has 0 aromatic heterocycles. The highest BCUT2D eigenvalue weighted by Crippen LogP contribution is 2.36. The summed E-state index contributed by atoms with van der Waals surface area (Å²) in [4.78, 5) is 11.5. The van der Waals surface area contributed by atoms with Gasteiger partial charge >= 0.3 is 12.3 Å². The molecule has 0 spiro atoms. The minimum Gasteiger partial charge on any atom is -0.444 e. The van der Waals surface area contributed by atoms with E-state index in [1.54, 1.807) is 20.8 Å². The number of halogens is 4. The lowest BCUT2D eigenvalue weighted by Gasteiger charge is -2.21. The summed E-state index contributed by atoms with van der Waals surface area (Å²) in [6.07, 6.45) is -5.57. The molecule has 1 aromatic rings. The van der Waals surface area contributed by atoms with Crippen LogP contribution in [-0.2, 0) is 10.9 Å². The van der Waals surface area contributed by atoms with Crippen molar-refractivity contribution < 1.29 is 22.7 Å². The van der Waals surface area contributed by atoms with E-state index in [0.717, 1.165) is 12.1 Å². The number of hydrogen-bond acceptors (Lipinski definition) is 2. The number of anilines is 1. The lowest BCUT2D eigenvalue weighted by atomic mass is 10.1. The van der Waals surface area contributed by atoms with Crippen molar-refractivity contribution in [1.29, 1.82) is 0 Å². The summed E-state index contributed by atoms with van der Waals surface area (Å²) in [5.74, 6) is 0. The van der Waals surface area contributed by atoms with Gasteiger partial charge in [-0.3, -0.25) is 5.32 Å². The molecule has 0 fully saturated rings. The maximum Gasteiger partial charge on any atom is 0.418 e. The van der Waals surface area contributed by atoms with E-state index in [0.29, 0.717) is 0 Å². The van der Waals surface area contributed by atoms with Crippen LogP contribution in [0.5, 0.6) is 0 Å². The Morgan fingerprint density at radius 3 is 2.32 bits per heavy atom. The predicted molar refractivity (Wildman–Crippen MR) is 66.3 cm³/mol. The van der Waals surface area contributed by atoms with Crippen LogP contribution in [0.2, 0.25) is 5.02 Å². The lowest BCUT2D eigenvalue weighted by Crippen LogP contribution is -2.28. The van der Waals surface area contributed by atoms with Gasteiger partial charge in [0.15, 0.2) is 0 Å². The van der Waals surface area contributed by atoms with Crippen LogP contribution in [0.4, 0.5) is 23.7 Å². The van der Waals surface area contributed by atoms with Crippen molar-refractivity contribution in [2.24, 2.45) is 0 Å². The number of nitrogens with one attached hydrogen (secondary N) is 1. The summed E-state index contributed by atoms with van der Waals surface area (Å²) in [6.45, 7) is 4.83. The predicted octanol–water partition coefficient (Wildman–Crippen LogP) is 4.71. The average Bonchev–Trinajstić information content (AvgIpc) is 2.16. The molecule has 0 saturated carbocycles. The first-order chi connectivity index (χ1) is 8.49. The Bertz CT molecular complexity index is 481. The van der Waals surface area contributed by atoms with Crippen LogP contribution in [0, 0.1) is 0 Å². The molecular formula is C12H13ClF3NO2. The van der Waals surface area contributed by atoms with Gasteiger partial charge in [0, 0.05) is 5.02 Å². The monoisotopic (exact) mass is 295 g/mol. The van der Waals surface area contributed by atoms with Crippen LogP contribution in [0.15, 0.2) is 18.2 Å². The smallest absolute Gasteiger partial charge is 0.418 e. The molecule has 0 aliphatic heterocycles. The Morgan fingerprint density at radius 2 is 1.84 bits per heavy atom. The van der Waals surface area contributed by atoms with Crippen LogP contribution in [0.1, 0.15) is 26.3 Å². The second-order valence-electron chi connectivity index (χ2n) is 4.81. The number of rotatable bonds is 1. The molecule has 1 N–H and O–H groups in total. The summed E-state index contributed by atoms with van der Waals surface area (Å²) in [5.41, 5.74) is -2.22. The molecule has 0 aliphatic rings. The van der Waals surface area contributed by atoms with Crippen molar-refractivity contribution in [1.82, 2.24) is 0 Å². The van der Waals surface area contributed by atoms with Crippen molar-refractivity contribution in [3.05, 3.63) is 28.8 Å². The highest BCUT2D eigenvalue weighted by Gasteiger charge is 2.34. The zero-order valence-corrected chi connectivity index (χ0v) is 11.3. The number of hydrogen-bond donors (Lipinski definition) is 1. The minimum atomic E-state index is -4.62. The summed E-state index contributed by atoms with van der Waals surface area (Å²) >= 11 is 5.52. The molecular weight excluding hydrogens is 283 g/mol. The Labute approximate surface area is 113 Å². The minimum absolute atomic E-state index is 0.0675. The highest BCUT2D eigenvalue weighted by atomic mass is 35.5. The summed E-state index contributed by atoms with van der Waals surface area (Å²) < 4.78 is 43.2. The van der Waals surface area contributed by atoms with Crippen molar-refractivity contribution >= 4 is 23.4 Å². The second-order valence-corrected chi connectivity index (χ2v) is 5.25. The molecule has 0 aliphatic carbocycles. The Balaban J connectivity index is 2.99. The number of benzene rings is 1. The Morgan fingerprint density at radius 1 is 1.26 bits per heavy atom. The largest absolute Gasteiger partial charge is 0.444 e. The van der Waals surface area contributed by atoms with Gasteiger partial charge < -0.3 is 4.74 Å². The van der Waals surface area contributed by atoms with Crippen LogP contribution in [-0.4, -0.2) is 11.7 Å². The summed E-state index contributed by atoms with van der Waals surface area (Å²) in [7, 11) is 0. The fourth-order valence-corrected chi connectivity index (χ4v) is 1.45. The van der Waals surface area contributed by atoms with E-state index in [2.05, 4.69) is 5.32 Å². The third-order valence-electron chi connectivity index (χ3n) is 1.92. The first kappa shape index (κ1) is 15.6. The topological polar surface area (TPSA) is 38.3 Å². The van der Waals surface area contributed by atoms with Crippen LogP contribution in [0.3, 0.4) is 0 Å². The fourth-order valence-electron chi connectivity index (χ4n) is 1.27. The van der Waals surface area contributed by atoms with E-state index in [9.17, 15) is 18.0 Å². The van der Waals surface area contributed by atoms with Gasteiger partial charge in [-0.15, -0.1) is 0 Å². The molecule has 0 atom stereocenters. The van der Waals surface area contributed by atoms with Gasteiger partial charge in [-0.25, -0.2) is 4.79 Å². The van der Waals surface area contributed by atoms with Crippen molar-refractivity contribution in [3.8, 4) is 0 Å². The van der Waals surface area contributed by atoms with Crippen molar-refractivity contribution in [2.45, 2.75) is 32.5 Å². The third-order valence-corrected chi connectivity index (χ3v) is 2.16. The number of amides is 1. The van der Waals surface area contributed by atoms with E-state index in [4.69, 9.17) is 16.3 Å². The van der Waals surface area contributed by atoms with E-state index in [1.807, 2.05) is 0 Å². The molecule has 106 valence electrons. The Hall–Kier alpha value is -1.43. The van der Waals surface area contributed by atoms with Gasteiger partial charge in [-0.05, 0) is 39.0 Å². The number of carbonyl (C=O) groups is 1. The fraction of sp³-hybridized carbons (Fsp3) is 0.417. The summed E-state index contributed by atoms with van der Waals surface area (Å²) in [5, 5.41) is 1.99. The van der Waals surface area contributed by atoms with E-state index in [1.165, 1.54) is 6.07 Å². The van der Waals surface area contributed by atoms with Gasteiger partial charge in [0.05, 0.1) is 11.3 Å². The first-order valence-electron chi connectivity index (χ1n) is 5.36. The Kier molecular flexibility index (Phi) is 4.35. The molecule has 0 bridgehead atoms. The van der Waals surface area contributed by atoms with Crippen LogP contribution in [0.25, 0.3) is 0 Å². The molecule has 1 amide bonds. The molecule has 1 rings (SSSR count). The van der Waals surface area contributed by atoms with Gasteiger partial charge in [0.2, 0.25) is 0 Å². The molecule has 19 heavy (non-hydrogen) atoms. The zero-order chi connectivity index (χ0) is 14.8. The third kappa shape index (κ3) is 4.98. The van der Waals surface area contributed by atoms with Crippen LogP contribution < -0.4 is 5.32 Å². The van der Waals surface area contributed by atoms with E-state index >= 15 is 0 Å². The van der Waals surface area contributed by atoms with E-state index in [-0.39, 0.29) is 5.02 Å². The van der Waals surface area contributed by atoms with Gasteiger partial charge in [-0.1, -0.05) is 11.6 Å². The van der Waals surface area contributed by atoms with Gasteiger partial charge in [-0.2, -0.15) is 13.2 Å². The zero-order valence-electron chi connectivity index (χ0n) is 10.6. The number of carbonyl (C=O) groups excluding carboxylic acids is 1. The van der Waals surface area contributed by atoms with E-state index < -0.39 is 29.1 Å². The summed E-state index contributed by atoms with van der Waals surface area (Å²) in [6, 6.07) is 3.08. The standard InChI is InChI=1S/C12H13ClF3NO2/c1-11(2,3)19-10(18)17-9-5-4-7(13)6-8(9)12(14,15)16/h4-6H,1-3H3,(H,17,18). The van der Waals surface area contributed by atoms with Gasteiger partial charge in [0.25, 0.3) is 0 Å². The SMILES string of the molecule is CC(C)(C)OC(=O)Nc1ccc(Cl)cc1C(F)(F)F. The molecule has 0 unspecified atom stereocenters. The van der Waals surface area contributed by atoms with Crippen molar-refractivity contribution in [3.63, 3.8) is 0 Å². The normalized spacial score (nSPS) is 12.2. The maximum atomic E-state index is 12.8. The lowest BCUT2D eigenvalue weighted by molar-refractivity contribution is -0.136. The van der Waals surface area contributed by atoms with Gasteiger partial charge in [0.1, 0.15) is 5.60 Å². The quantitative estimate of drug-likeness (QED) is 0.815. The maximum absolute atomic E-state index is 12.8. The molecule has 0 radical (unpaired) electrons. The molecule has 7 heteroatoms. The van der Waals surface area contributed by atoms with Crippen molar-refractivity contribution in [2.75, 3.05) is 5.32 Å². The van der Waals surface area contributed by atoms with Crippen LogP contribution >= 0.6 is 11.6 Å². The second kappa shape index (κ2) is 5.28. The number of alkyl halides is 3. The molecule has 1 aromatic carbocycles. The number of ether oxygens (including phenoxy) is 1. The highest BCUT2D eigenvalue weighted by molar-refractivity contribution is 6.30. The molecule has 0 heterocycles.